The van der Waals surface area contributed by atoms with Crippen LogP contribution < -0.4 is 5.32 Å². The molecule has 2 rings (SSSR count). The van der Waals surface area contributed by atoms with E-state index >= 15 is 0 Å². The number of carbonyl (C=O) groups is 1. The molecule has 1 amide bonds. The van der Waals surface area contributed by atoms with Gasteiger partial charge in [-0.2, -0.15) is 0 Å². The van der Waals surface area contributed by atoms with Crippen LogP contribution in [0.2, 0.25) is 0 Å². The fraction of sp³-hybridized carbons (Fsp3) is 0. The summed E-state index contributed by atoms with van der Waals surface area (Å²) in [5, 5.41) is 2.63. The molecule has 0 spiro atoms. The predicted molar refractivity (Wildman–Crippen MR) is 76.8 cm³/mol. The van der Waals surface area contributed by atoms with Gasteiger partial charge < -0.3 is 0 Å². The average molecular weight is 404 g/mol. The number of nitrogens with one attached hydrogen (secondary N) is 1. The van der Waals surface area contributed by atoms with Gasteiger partial charge in [0.15, 0.2) is 0 Å². The number of halogens is 2. The predicted octanol–water partition coefficient (Wildman–Crippen LogP) is 3.10. The van der Waals surface area contributed by atoms with E-state index in [2.05, 4.69) is 53.8 Å². The Labute approximate surface area is 120 Å². The summed E-state index contributed by atoms with van der Waals surface area (Å²) in [4.78, 5) is 19.8. The number of amides is 1. The van der Waals surface area contributed by atoms with Gasteiger partial charge in [0.05, 0.1) is 5.56 Å². The molecule has 6 heteroatoms. The minimum absolute atomic E-state index is 0.235. The smallest absolute Gasteiger partial charge is 0.259 e. The highest BCUT2D eigenvalue weighted by Crippen LogP contribution is 2.20. The van der Waals surface area contributed by atoms with E-state index in [1.165, 1.54) is 0 Å². The summed E-state index contributed by atoms with van der Waals surface area (Å²) in [5.74, 6) is 0.0600. The van der Waals surface area contributed by atoms with Crippen LogP contribution in [0.25, 0.3) is 0 Å². The minimum Gasteiger partial charge on any atom is -0.290 e. The quantitative estimate of drug-likeness (QED) is 0.784. The van der Waals surface area contributed by atoms with Crippen molar-refractivity contribution in [2.75, 3.05) is 5.32 Å². The topological polar surface area (TPSA) is 54.9 Å². The lowest BCUT2D eigenvalue weighted by molar-refractivity contribution is 0.102. The Morgan fingerprint density at radius 3 is 2.71 bits per heavy atom. The van der Waals surface area contributed by atoms with E-state index in [4.69, 9.17) is 0 Å². The fourth-order valence-electron chi connectivity index (χ4n) is 1.20. The number of anilines is 1. The summed E-state index contributed by atoms with van der Waals surface area (Å²) in [6.45, 7) is 0. The van der Waals surface area contributed by atoms with Crippen molar-refractivity contribution in [3.63, 3.8) is 0 Å². The van der Waals surface area contributed by atoms with Crippen LogP contribution in [0.3, 0.4) is 0 Å². The highest BCUT2D eigenvalue weighted by Gasteiger charge is 2.11. The normalized spacial score (nSPS) is 10.0. The number of carbonyl (C=O) groups excluding carboxylic acids is 1. The molecule has 0 unspecified atom stereocenters. The van der Waals surface area contributed by atoms with E-state index in [1.54, 1.807) is 24.5 Å². The van der Waals surface area contributed by atoms with Crippen LogP contribution >= 0.6 is 38.5 Å². The molecule has 2 aromatic rings. The third-order valence-corrected chi connectivity index (χ3v) is 3.33. The van der Waals surface area contributed by atoms with Gasteiger partial charge in [-0.15, -0.1) is 0 Å². The highest BCUT2D eigenvalue weighted by atomic mass is 127. The van der Waals surface area contributed by atoms with Gasteiger partial charge in [0, 0.05) is 20.4 Å². The van der Waals surface area contributed by atoms with Crippen molar-refractivity contribution in [2.24, 2.45) is 0 Å². The summed E-state index contributed by atoms with van der Waals surface area (Å²) in [6, 6.07) is 7.24. The van der Waals surface area contributed by atoms with Crippen molar-refractivity contribution >= 4 is 50.4 Å². The molecular formula is C11H7BrIN3O. The van der Waals surface area contributed by atoms with Crippen molar-refractivity contribution in [1.82, 2.24) is 9.97 Å². The number of rotatable bonds is 2. The lowest BCUT2D eigenvalue weighted by Gasteiger charge is -2.05. The van der Waals surface area contributed by atoms with Crippen LogP contribution in [0.1, 0.15) is 10.4 Å². The van der Waals surface area contributed by atoms with E-state index in [0.29, 0.717) is 11.5 Å². The molecule has 1 N–H and O–H groups in total. The third kappa shape index (κ3) is 3.22. The zero-order valence-corrected chi connectivity index (χ0v) is 12.3. The molecule has 0 saturated heterocycles. The van der Waals surface area contributed by atoms with E-state index in [9.17, 15) is 4.79 Å². The monoisotopic (exact) mass is 403 g/mol. The number of hydrogen-bond acceptors (Lipinski definition) is 3. The van der Waals surface area contributed by atoms with Crippen LogP contribution in [0, 0.1) is 3.57 Å². The van der Waals surface area contributed by atoms with Gasteiger partial charge in [-0.3, -0.25) is 10.1 Å². The zero-order chi connectivity index (χ0) is 12.3. The average Bonchev–Trinajstić information content (AvgIpc) is 2.33. The summed E-state index contributed by atoms with van der Waals surface area (Å²) in [5.41, 5.74) is 0.560. The van der Waals surface area contributed by atoms with Gasteiger partial charge in [0.1, 0.15) is 0 Å². The first-order valence-corrected chi connectivity index (χ1v) is 6.57. The Hall–Kier alpha value is -1.02. The Kier molecular flexibility index (Phi) is 4.06. The third-order valence-electron chi connectivity index (χ3n) is 1.96. The van der Waals surface area contributed by atoms with E-state index < -0.39 is 0 Å². The molecule has 1 aromatic heterocycles. The molecule has 0 bridgehead atoms. The van der Waals surface area contributed by atoms with Gasteiger partial charge in [0.2, 0.25) is 5.95 Å². The number of hydrogen-bond donors (Lipinski definition) is 1. The first kappa shape index (κ1) is 12.4. The van der Waals surface area contributed by atoms with Crippen molar-refractivity contribution in [3.05, 3.63) is 50.3 Å². The molecule has 0 aliphatic rings. The van der Waals surface area contributed by atoms with Crippen molar-refractivity contribution in [3.8, 4) is 0 Å². The van der Waals surface area contributed by atoms with Crippen molar-refractivity contribution in [2.45, 2.75) is 0 Å². The van der Waals surface area contributed by atoms with Gasteiger partial charge in [-0.05, 0) is 62.8 Å². The second-order valence-corrected chi connectivity index (χ2v) is 5.25. The van der Waals surface area contributed by atoms with Gasteiger partial charge >= 0.3 is 0 Å². The van der Waals surface area contributed by atoms with Crippen LogP contribution in [0.5, 0.6) is 0 Å². The maximum Gasteiger partial charge on any atom is 0.259 e. The van der Waals surface area contributed by atoms with Gasteiger partial charge in [-0.25, -0.2) is 9.97 Å². The van der Waals surface area contributed by atoms with E-state index in [-0.39, 0.29) is 5.91 Å². The molecule has 0 fully saturated rings. The van der Waals surface area contributed by atoms with Crippen LogP contribution in [-0.4, -0.2) is 15.9 Å². The summed E-state index contributed by atoms with van der Waals surface area (Å²) < 4.78 is 1.73. The Balaban J connectivity index is 2.23. The molecule has 0 radical (unpaired) electrons. The lowest BCUT2D eigenvalue weighted by atomic mass is 10.2. The van der Waals surface area contributed by atoms with Crippen LogP contribution in [0.15, 0.2) is 41.1 Å². The molecule has 0 aliphatic heterocycles. The van der Waals surface area contributed by atoms with Crippen molar-refractivity contribution in [1.29, 1.82) is 0 Å². The van der Waals surface area contributed by atoms with Crippen LogP contribution in [-0.2, 0) is 0 Å². The molecule has 86 valence electrons. The van der Waals surface area contributed by atoms with Gasteiger partial charge in [-0.1, -0.05) is 0 Å². The largest absolute Gasteiger partial charge is 0.290 e. The minimum atomic E-state index is -0.235. The molecule has 0 atom stereocenters. The molecule has 0 aliphatic carbocycles. The number of benzene rings is 1. The number of aromatic nitrogens is 2. The summed E-state index contributed by atoms with van der Waals surface area (Å²) in [6.07, 6.45) is 3.15. The Morgan fingerprint density at radius 1 is 1.29 bits per heavy atom. The van der Waals surface area contributed by atoms with E-state index in [0.717, 1.165) is 8.04 Å². The Bertz CT molecular complexity index is 548. The van der Waals surface area contributed by atoms with E-state index in [1.807, 2.05) is 12.1 Å². The van der Waals surface area contributed by atoms with Crippen molar-refractivity contribution < 1.29 is 4.79 Å². The fourth-order valence-corrected chi connectivity index (χ4v) is 2.12. The summed E-state index contributed by atoms with van der Waals surface area (Å²) >= 11 is 5.49. The zero-order valence-electron chi connectivity index (χ0n) is 8.52. The highest BCUT2D eigenvalue weighted by molar-refractivity contribution is 14.1. The summed E-state index contributed by atoms with van der Waals surface area (Å²) in [7, 11) is 0. The lowest BCUT2D eigenvalue weighted by Crippen LogP contribution is -2.14. The molecule has 17 heavy (non-hydrogen) atoms. The number of nitrogens with zero attached hydrogens (tertiary/aromatic N) is 2. The molecular weight excluding hydrogens is 397 g/mol. The van der Waals surface area contributed by atoms with Gasteiger partial charge in [0.25, 0.3) is 5.91 Å². The molecule has 1 aromatic carbocycles. The molecule has 0 saturated carbocycles. The second-order valence-electron chi connectivity index (χ2n) is 3.15. The maximum absolute atomic E-state index is 12.0. The maximum atomic E-state index is 12.0. The molecule has 1 heterocycles. The molecule has 4 nitrogen and oxygen atoms in total. The van der Waals surface area contributed by atoms with Crippen LogP contribution in [0.4, 0.5) is 5.95 Å². The first-order valence-electron chi connectivity index (χ1n) is 4.70. The SMILES string of the molecule is O=C(Nc1ncccn1)c1cc(I)ccc1Br. The Morgan fingerprint density at radius 2 is 2.00 bits per heavy atom. The standard InChI is InChI=1S/C11H7BrIN3O/c12-9-3-2-7(13)6-8(9)10(17)16-11-14-4-1-5-15-11/h1-6H,(H,14,15,16,17). The first-order chi connectivity index (χ1) is 8.16. The second kappa shape index (κ2) is 5.54.